The largest absolute Gasteiger partial charge is 0.452 e. The van der Waals surface area contributed by atoms with Gasteiger partial charge in [0.1, 0.15) is 0 Å². The van der Waals surface area contributed by atoms with Crippen molar-refractivity contribution in [3.05, 3.63) is 89.7 Å². The van der Waals surface area contributed by atoms with Crippen molar-refractivity contribution in [2.45, 2.75) is 9.79 Å². The highest BCUT2D eigenvalue weighted by atomic mass is 35.5. The third kappa shape index (κ3) is 4.46. The van der Waals surface area contributed by atoms with Crippen LogP contribution >= 0.6 is 23.4 Å². The molecule has 0 unspecified atom stereocenters. The summed E-state index contributed by atoms with van der Waals surface area (Å²) >= 11 is 7.74. The Labute approximate surface area is 198 Å². The number of carbonyl (C=O) groups excluding carboxylic acids is 2. The van der Waals surface area contributed by atoms with Gasteiger partial charge in [0.25, 0.3) is 5.91 Å². The molecule has 0 aliphatic carbocycles. The van der Waals surface area contributed by atoms with Gasteiger partial charge in [-0.3, -0.25) is 14.7 Å². The monoisotopic (exact) mass is 473 g/mol. The Kier molecular flexibility index (Phi) is 5.81. The van der Waals surface area contributed by atoms with E-state index in [1.165, 1.54) is 12.2 Å². The van der Waals surface area contributed by atoms with E-state index in [2.05, 4.69) is 9.97 Å². The van der Waals surface area contributed by atoms with Crippen LogP contribution in [-0.2, 0) is 14.3 Å². The molecule has 33 heavy (non-hydrogen) atoms. The average molecular weight is 474 g/mol. The summed E-state index contributed by atoms with van der Waals surface area (Å²) in [6.45, 7) is -0.419. The lowest BCUT2D eigenvalue weighted by Gasteiger charge is -2.31. The van der Waals surface area contributed by atoms with E-state index >= 15 is 0 Å². The van der Waals surface area contributed by atoms with E-state index in [-0.39, 0.29) is 5.91 Å². The molecule has 0 fully saturated rings. The lowest BCUT2D eigenvalue weighted by molar-refractivity contribution is -0.142. The molecule has 0 saturated heterocycles. The number of ether oxygens (including phenoxy) is 1. The number of para-hydroxylation sites is 3. The Balaban J connectivity index is 1.31. The Morgan fingerprint density at radius 3 is 2.61 bits per heavy atom. The molecule has 1 aliphatic rings. The molecule has 3 aromatic carbocycles. The number of halogens is 1. The zero-order chi connectivity index (χ0) is 22.8. The normalized spacial score (nSPS) is 12.5. The molecular weight excluding hydrogens is 458 g/mol. The Morgan fingerprint density at radius 1 is 0.970 bits per heavy atom. The van der Waals surface area contributed by atoms with Gasteiger partial charge in [-0.2, -0.15) is 0 Å². The van der Waals surface area contributed by atoms with Crippen LogP contribution in [0, 0.1) is 0 Å². The first-order valence-corrected chi connectivity index (χ1v) is 11.2. The van der Waals surface area contributed by atoms with E-state index in [1.807, 2.05) is 54.6 Å². The minimum atomic E-state index is -0.649. The predicted octanol–water partition coefficient (Wildman–Crippen LogP) is 5.67. The van der Waals surface area contributed by atoms with Crippen molar-refractivity contribution in [1.82, 2.24) is 9.97 Å². The van der Waals surface area contributed by atoms with E-state index < -0.39 is 12.6 Å². The smallest absolute Gasteiger partial charge is 0.331 e. The maximum atomic E-state index is 13.1. The molecule has 0 bridgehead atoms. The first kappa shape index (κ1) is 21.2. The van der Waals surface area contributed by atoms with Crippen LogP contribution in [0.1, 0.15) is 5.69 Å². The lowest BCUT2D eigenvalue weighted by atomic mass is 10.2. The van der Waals surface area contributed by atoms with Gasteiger partial charge in [0.15, 0.2) is 6.61 Å². The first-order valence-electron chi connectivity index (χ1n) is 10.0. The second-order valence-electron chi connectivity index (χ2n) is 7.14. The molecule has 0 atom stereocenters. The number of carbonyl (C=O) groups is 2. The van der Waals surface area contributed by atoms with Gasteiger partial charge in [-0.1, -0.05) is 47.6 Å². The van der Waals surface area contributed by atoms with E-state index in [1.54, 1.807) is 35.0 Å². The second-order valence-corrected chi connectivity index (χ2v) is 8.66. The van der Waals surface area contributed by atoms with Crippen molar-refractivity contribution >= 4 is 63.7 Å². The van der Waals surface area contributed by atoms with Gasteiger partial charge >= 0.3 is 5.97 Å². The molecular formula is C25H16ClN3O3S. The van der Waals surface area contributed by atoms with Gasteiger partial charge in [0.2, 0.25) is 0 Å². The molecule has 0 radical (unpaired) electrons. The maximum absolute atomic E-state index is 13.1. The van der Waals surface area contributed by atoms with Crippen LogP contribution in [-0.4, -0.2) is 28.5 Å². The van der Waals surface area contributed by atoms with Crippen molar-refractivity contribution in [3.63, 3.8) is 0 Å². The quantitative estimate of drug-likeness (QED) is 0.281. The zero-order valence-corrected chi connectivity index (χ0v) is 18.7. The molecule has 8 heteroatoms. The molecule has 0 saturated carbocycles. The summed E-state index contributed by atoms with van der Waals surface area (Å²) in [6, 6.07) is 20.4. The molecule has 162 valence electrons. The summed E-state index contributed by atoms with van der Waals surface area (Å²) in [4.78, 5) is 37.5. The van der Waals surface area contributed by atoms with Gasteiger partial charge in [0, 0.05) is 20.9 Å². The molecule has 6 nitrogen and oxygen atoms in total. The highest BCUT2D eigenvalue weighted by molar-refractivity contribution is 7.99. The highest BCUT2D eigenvalue weighted by Crippen LogP contribution is 2.48. The second kappa shape index (κ2) is 9.05. The Hall–Kier alpha value is -3.68. The van der Waals surface area contributed by atoms with Crippen LogP contribution in [0.15, 0.2) is 88.8 Å². The fourth-order valence-electron chi connectivity index (χ4n) is 3.45. The van der Waals surface area contributed by atoms with E-state index in [4.69, 9.17) is 16.3 Å². The summed E-state index contributed by atoms with van der Waals surface area (Å²) in [6.07, 6.45) is 4.31. The standard InChI is InChI=1S/C25H16ClN3O3S/c26-16-9-11-23-21(13-16)29(20-7-3-4-8-22(20)33-23)24(30)15-32-25(31)12-10-17-14-27-18-5-1-2-6-19(18)28-17/h1-14H,15H2/b12-10+. The topological polar surface area (TPSA) is 72.4 Å². The number of hydrogen-bond donors (Lipinski definition) is 0. The minimum Gasteiger partial charge on any atom is -0.452 e. The summed E-state index contributed by atoms with van der Waals surface area (Å²) in [7, 11) is 0. The summed E-state index contributed by atoms with van der Waals surface area (Å²) in [5.41, 5.74) is 3.39. The van der Waals surface area contributed by atoms with Crippen LogP contribution in [0.2, 0.25) is 5.02 Å². The van der Waals surface area contributed by atoms with E-state index in [9.17, 15) is 9.59 Å². The number of benzene rings is 3. The van der Waals surface area contributed by atoms with Crippen molar-refractivity contribution in [3.8, 4) is 0 Å². The number of hydrogen-bond acceptors (Lipinski definition) is 6. The number of rotatable bonds is 4. The van der Waals surface area contributed by atoms with Gasteiger partial charge in [-0.25, -0.2) is 9.78 Å². The molecule has 0 spiro atoms. The summed E-state index contributed by atoms with van der Waals surface area (Å²) < 4.78 is 5.22. The van der Waals surface area contributed by atoms with Crippen LogP contribution in [0.5, 0.6) is 0 Å². The van der Waals surface area contributed by atoms with Crippen LogP contribution < -0.4 is 4.90 Å². The maximum Gasteiger partial charge on any atom is 0.331 e. The molecule has 4 aromatic rings. The van der Waals surface area contributed by atoms with Crippen molar-refractivity contribution < 1.29 is 14.3 Å². The molecule has 5 rings (SSSR count). The minimum absolute atomic E-state index is 0.376. The molecule has 1 amide bonds. The number of fused-ring (bicyclic) bond motifs is 3. The molecule has 2 heterocycles. The van der Waals surface area contributed by atoms with E-state index in [0.717, 1.165) is 26.5 Å². The third-order valence-electron chi connectivity index (χ3n) is 4.93. The van der Waals surface area contributed by atoms with Gasteiger partial charge < -0.3 is 4.74 Å². The van der Waals surface area contributed by atoms with Crippen LogP contribution in [0.4, 0.5) is 11.4 Å². The molecule has 0 N–H and O–H groups in total. The van der Waals surface area contributed by atoms with Gasteiger partial charge in [0.05, 0.1) is 34.3 Å². The number of anilines is 2. The van der Waals surface area contributed by atoms with Gasteiger partial charge in [-0.05, 0) is 48.5 Å². The molecule has 1 aliphatic heterocycles. The highest BCUT2D eigenvalue weighted by Gasteiger charge is 2.28. The summed E-state index contributed by atoms with van der Waals surface area (Å²) in [5.74, 6) is -1.03. The average Bonchev–Trinajstić information content (AvgIpc) is 2.84. The SMILES string of the molecule is O=C(/C=C/c1cnc2ccccc2n1)OCC(=O)N1c2ccccc2Sc2ccc(Cl)cc21. The lowest BCUT2D eigenvalue weighted by Crippen LogP contribution is -2.32. The van der Waals surface area contributed by atoms with Crippen LogP contribution in [0.25, 0.3) is 17.1 Å². The van der Waals surface area contributed by atoms with Crippen molar-refractivity contribution in [1.29, 1.82) is 0 Å². The number of amides is 1. The number of esters is 1. The fourth-order valence-corrected chi connectivity index (χ4v) is 4.65. The Morgan fingerprint density at radius 2 is 1.73 bits per heavy atom. The van der Waals surface area contributed by atoms with Crippen molar-refractivity contribution in [2.24, 2.45) is 0 Å². The predicted molar refractivity (Wildman–Crippen MR) is 129 cm³/mol. The fraction of sp³-hybridized carbons (Fsp3) is 0.0400. The van der Waals surface area contributed by atoms with E-state index in [0.29, 0.717) is 16.4 Å². The van der Waals surface area contributed by atoms with Crippen molar-refractivity contribution in [2.75, 3.05) is 11.5 Å². The molecule has 1 aromatic heterocycles. The number of aromatic nitrogens is 2. The summed E-state index contributed by atoms with van der Waals surface area (Å²) in [5, 5.41) is 0.517. The number of nitrogens with zero attached hydrogens (tertiary/aromatic N) is 3. The van der Waals surface area contributed by atoms with Gasteiger partial charge in [-0.15, -0.1) is 0 Å². The zero-order valence-electron chi connectivity index (χ0n) is 17.1. The third-order valence-corrected chi connectivity index (χ3v) is 6.30. The van der Waals surface area contributed by atoms with Crippen LogP contribution in [0.3, 0.4) is 0 Å². The first-order chi connectivity index (χ1) is 16.1. The Bertz CT molecular complexity index is 1420.